The molecule has 0 spiro atoms. The van der Waals surface area contributed by atoms with E-state index in [1.54, 1.807) is 30.3 Å². The Morgan fingerprint density at radius 1 is 1.15 bits per heavy atom. The van der Waals surface area contributed by atoms with E-state index < -0.39 is 30.1 Å². The van der Waals surface area contributed by atoms with Crippen LogP contribution in [-0.2, 0) is 9.59 Å². The van der Waals surface area contributed by atoms with Gasteiger partial charge in [0.15, 0.2) is 0 Å². The van der Waals surface area contributed by atoms with Gasteiger partial charge in [-0.15, -0.1) is 0 Å². The molecular formula is C13H12F3NO3. The maximum atomic E-state index is 12.6. The van der Waals surface area contributed by atoms with E-state index in [0.717, 1.165) is 0 Å². The number of benzene rings is 1. The van der Waals surface area contributed by atoms with Gasteiger partial charge < -0.3 is 10.0 Å². The summed E-state index contributed by atoms with van der Waals surface area (Å²) in [5, 5.41) is 9.00. The minimum absolute atomic E-state index is 0.0106. The second-order valence-electron chi connectivity index (χ2n) is 4.57. The molecule has 0 aliphatic carbocycles. The molecule has 0 saturated carbocycles. The van der Waals surface area contributed by atoms with Crippen molar-refractivity contribution in [3.63, 3.8) is 0 Å². The Labute approximate surface area is 112 Å². The van der Waals surface area contributed by atoms with Crippen molar-refractivity contribution >= 4 is 11.9 Å². The summed E-state index contributed by atoms with van der Waals surface area (Å²) in [5.74, 6) is -3.52. The summed E-state index contributed by atoms with van der Waals surface area (Å²) in [4.78, 5) is 23.0. The average Bonchev–Trinajstić information content (AvgIpc) is 2.82. The molecule has 2 atom stereocenters. The molecule has 108 valence electrons. The first-order valence-corrected chi connectivity index (χ1v) is 5.99. The molecule has 1 heterocycles. The molecule has 0 unspecified atom stereocenters. The molecule has 0 bridgehead atoms. The zero-order valence-electron chi connectivity index (χ0n) is 10.3. The van der Waals surface area contributed by atoms with Crippen LogP contribution >= 0.6 is 0 Å². The van der Waals surface area contributed by atoms with E-state index in [2.05, 4.69) is 0 Å². The number of carbonyl (C=O) groups excluding carboxylic acids is 1. The van der Waals surface area contributed by atoms with Gasteiger partial charge in [0.2, 0.25) is 0 Å². The number of carboxylic acids is 1. The number of carboxylic acid groups (broad SMARTS) is 1. The van der Waals surface area contributed by atoms with Gasteiger partial charge in [0, 0.05) is 0 Å². The van der Waals surface area contributed by atoms with Crippen LogP contribution in [0.4, 0.5) is 13.2 Å². The van der Waals surface area contributed by atoms with Gasteiger partial charge in [-0.3, -0.25) is 4.79 Å². The van der Waals surface area contributed by atoms with Crippen LogP contribution in [0, 0.1) is 0 Å². The molecule has 0 aromatic heterocycles. The van der Waals surface area contributed by atoms with E-state index in [-0.39, 0.29) is 12.8 Å². The van der Waals surface area contributed by atoms with Crippen molar-refractivity contribution in [2.24, 2.45) is 0 Å². The number of rotatable bonds is 2. The third-order valence-electron chi connectivity index (χ3n) is 3.33. The predicted molar refractivity (Wildman–Crippen MR) is 62.7 cm³/mol. The van der Waals surface area contributed by atoms with Crippen LogP contribution in [0.15, 0.2) is 30.3 Å². The fourth-order valence-electron chi connectivity index (χ4n) is 2.49. The molecule has 1 N–H and O–H groups in total. The van der Waals surface area contributed by atoms with E-state index in [9.17, 15) is 22.8 Å². The van der Waals surface area contributed by atoms with Crippen molar-refractivity contribution in [1.82, 2.24) is 4.90 Å². The normalized spacial score (nSPS) is 22.9. The fraction of sp³-hybridized carbons (Fsp3) is 0.385. The molecule has 1 saturated heterocycles. The monoisotopic (exact) mass is 287 g/mol. The van der Waals surface area contributed by atoms with Gasteiger partial charge in [0.05, 0.1) is 6.04 Å². The Morgan fingerprint density at radius 2 is 1.75 bits per heavy atom. The second kappa shape index (κ2) is 5.15. The third-order valence-corrected chi connectivity index (χ3v) is 3.33. The minimum Gasteiger partial charge on any atom is -0.480 e. The Hall–Kier alpha value is -2.05. The molecule has 7 heteroatoms. The van der Waals surface area contributed by atoms with Crippen LogP contribution in [0.25, 0.3) is 0 Å². The lowest BCUT2D eigenvalue weighted by Crippen LogP contribution is -2.47. The van der Waals surface area contributed by atoms with Gasteiger partial charge in [-0.2, -0.15) is 13.2 Å². The Bertz CT molecular complexity index is 515. The number of hydrogen-bond donors (Lipinski definition) is 1. The largest absolute Gasteiger partial charge is 0.480 e. The summed E-state index contributed by atoms with van der Waals surface area (Å²) >= 11 is 0. The van der Waals surface area contributed by atoms with Crippen molar-refractivity contribution in [2.45, 2.75) is 31.1 Å². The highest BCUT2D eigenvalue weighted by Crippen LogP contribution is 2.38. The van der Waals surface area contributed by atoms with Crippen molar-refractivity contribution in [2.75, 3.05) is 0 Å². The van der Waals surface area contributed by atoms with Crippen LogP contribution in [0.1, 0.15) is 24.4 Å². The molecular weight excluding hydrogens is 275 g/mol. The topological polar surface area (TPSA) is 57.6 Å². The third kappa shape index (κ3) is 2.61. The van der Waals surface area contributed by atoms with Crippen LogP contribution in [-0.4, -0.2) is 34.1 Å². The number of hydrogen-bond acceptors (Lipinski definition) is 2. The maximum absolute atomic E-state index is 12.6. The maximum Gasteiger partial charge on any atom is 0.471 e. The summed E-state index contributed by atoms with van der Waals surface area (Å²) in [6.07, 6.45) is -4.87. The van der Waals surface area contributed by atoms with E-state index in [1.807, 2.05) is 0 Å². The first-order valence-electron chi connectivity index (χ1n) is 5.99. The molecule has 1 aromatic rings. The highest BCUT2D eigenvalue weighted by atomic mass is 19.4. The molecule has 1 aliphatic rings. The fourth-order valence-corrected chi connectivity index (χ4v) is 2.49. The summed E-state index contributed by atoms with van der Waals surface area (Å²) in [7, 11) is 0. The zero-order chi connectivity index (χ0) is 14.9. The molecule has 1 fully saturated rings. The van der Waals surface area contributed by atoms with E-state index in [1.165, 1.54) is 0 Å². The summed E-state index contributed by atoms with van der Waals surface area (Å²) < 4.78 is 37.9. The predicted octanol–water partition coefficient (Wildman–Crippen LogP) is 2.37. The van der Waals surface area contributed by atoms with E-state index in [0.29, 0.717) is 10.5 Å². The highest BCUT2D eigenvalue weighted by Gasteiger charge is 2.51. The molecule has 2 rings (SSSR count). The van der Waals surface area contributed by atoms with Crippen molar-refractivity contribution in [1.29, 1.82) is 0 Å². The quantitative estimate of drug-likeness (QED) is 0.908. The molecule has 1 aromatic carbocycles. The highest BCUT2D eigenvalue weighted by molar-refractivity contribution is 5.88. The SMILES string of the molecule is O=C(O)[C@H]1CC[C@@H](c2ccccc2)N1C(=O)C(F)(F)F. The molecule has 20 heavy (non-hydrogen) atoms. The molecule has 0 radical (unpaired) electrons. The van der Waals surface area contributed by atoms with Crippen LogP contribution < -0.4 is 0 Å². The molecule has 1 aliphatic heterocycles. The van der Waals surface area contributed by atoms with Gasteiger partial charge in [0.1, 0.15) is 6.04 Å². The van der Waals surface area contributed by atoms with Gasteiger partial charge >= 0.3 is 18.1 Å². The van der Waals surface area contributed by atoms with Crippen molar-refractivity contribution in [3.8, 4) is 0 Å². The lowest BCUT2D eigenvalue weighted by Gasteiger charge is -2.29. The second-order valence-corrected chi connectivity index (χ2v) is 4.57. The number of alkyl halides is 3. The zero-order valence-corrected chi connectivity index (χ0v) is 10.3. The first kappa shape index (κ1) is 14.4. The number of amides is 1. The molecule has 4 nitrogen and oxygen atoms in total. The van der Waals surface area contributed by atoms with Crippen molar-refractivity contribution < 1.29 is 27.9 Å². The number of carbonyl (C=O) groups is 2. The number of nitrogens with zero attached hydrogens (tertiary/aromatic N) is 1. The minimum atomic E-state index is -5.08. The van der Waals surface area contributed by atoms with E-state index >= 15 is 0 Å². The number of halogens is 3. The van der Waals surface area contributed by atoms with Crippen LogP contribution in [0.3, 0.4) is 0 Å². The molecule has 1 amide bonds. The lowest BCUT2D eigenvalue weighted by atomic mass is 10.0. The Morgan fingerprint density at radius 3 is 2.25 bits per heavy atom. The van der Waals surface area contributed by atoms with Crippen molar-refractivity contribution in [3.05, 3.63) is 35.9 Å². The standard InChI is InChI=1S/C13H12F3NO3/c14-13(15,16)12(20)17-9(6-7-10(17)11(18)19)8-4-2-1-3-5-8/h1-5,9-10H,6-7H2,(H,18,19)/t9-,10+/m0/s1. The summed E-state index contributed by atoms with van der Waals surface area (Å²) in [6.45, 7) is 0. The van der Waals surface area contributed by atoms with Crippen LogP contribution in [0.5, 0.6) is 0 Å². The van der Waals surface area contributed by atoms with Gasteiger partial charge in [-0.25, -0.2) is 4.79 Å². The lowest BCUT2D eigenvalue weighted by molar-refractivity contribution is -0.190. The van der Waals surface area contributed by atoms with Gasteiger partial charge in [0.25, 0.3) is 0 Å². The number of aliphatic carboxylic acids is 1. The van der Waals surface area contributed by atoms with E-state index in [4.69, 9.17) is 5.11 Å². The smallest absolute Gasteiger partial charge is 0.471 e. The van der Waals surface area contributed by atoms with Gasteiger partial charge in [-0.05, 0) is 18.4 Å². The number of likely N-dealkylation sites (tertiary alicyclic amines) is 1. The summed E-state index contributed by atoms with van der Waals surface area (Å²) in [6, 6.07) is 5.86. The first-order chi connectivity index (χ1) is 9.32. The van der Waals surface area contributed by atoms with Crippen LogP contribution in [0.2, 0.25) is 0 Å². The summed E-state index contributed by atoms with van der Waals surface area (Å²) in [5.41, 5.74) is 0.508. The Balaban J connectivity index is 2.38. The van der Waals surface area contributed by atoms with Gasteiger partial charge in [-0.1, -0.05) is 30.3 Å². The Kier molecular flexibility index (Phi) is 3.69. The average molecular weight is 287 g/mol.